The fourth-order valence-electron chi connectivity index (χ4n) is 1.19. The molecule has 0 atom stereocenters. The lowest BCUT2D eigenvalue weighted by Crippen LogP contribution is -2.04. The van der Waals surface area contributed by atoms with Gasteiger partial charge in [0.25, 0.3) is 0 Å². The quantitative estimate of drug-likeness (QED) is 0.727. The molecular formula is C9H14N2O4S. The summed E-state index contributed by atoms with van der Waals surface area (Å²) in [4.78, 5) is 15.1. The number of sulfone groups is 1. The number of hydrogen-bond acceptors (Lipinski definition) is 6. The fraction of sp³-hybridized carbons (Fsp3) is 0.667. The maximum atomic E-state index is 11.3. The Balaban J connectivity index is 2.62. The Morgan fingerprint density at radius 1 is 1.44 bits per heavy atom. The van der Waals surface area contributed by atoms with Gasteiger partial charge in [0.1, 0.15) is 11.5 Å². The zero-order valence-electron chi connectivity index (χ0n) is 9.26. The van der Waals surface area contributed by atoms with Gasteiger partial charge in [-0.25, -0.2) is 8.42 Å². The number of hydrogen-bond donors (Lipinski definition) is 0. The molecule has 0 bridgehead atoms. The van der Waals surface area contributed by atoms with E-state index in [0.29, 0.717) is 6.42 Å². The van der Waals surface area contributed by atoms with Gasteiger partial charge in [0.15, 0.2) is 15.7 Å². The average molecular weight is 246 g/mol. The van der Waals surface area contributed by atoms with Crippen molar-refractivity contribution >= 4 is 15.6 Å². The van der Waals surface area contributed by atoms with Crippen LogP contribution in [0.15, 0.2) is 4.52 Å². The molecule has 0 radical (unpaired) electrons. The van der Waals surface area contributed by atoms with Crippen LogP contribution in [0, 0.1) is 0 Å². The minimum Gasteiger partial charge on any atom is -0.339 e. The van der Waals surface area contributed by atoms with Crippen molar-refractivity contribution in [3.63, 3.8) is 0 Å². The lowest BCUT2D eigenvalue weighted by atomic mass is 10.2. The first-order chi connectivity index (χ1) is 7.40. The largest absolute Gasteiger partial charge is 0.339 e. The van der Waals surface area contributed by atoms with Gasteiger partial charge in [-0.15, -0.1) is 0 Å². The minimum atomic E-state index is -3.17. The molecule has 0 aliphatic carbocycles. The van der Waals surface area contributed by atoms with Gasteiger partial charge in [-0.05, 0) is 6.42 Å². The number of carbonyl (C=O) groups is 1. The first-order valence-corrected chi connectivity index (χ1v) is 6.97. The van der Waals surface area contributed by atoms with E-state index in [2.05, 4.69) is 10.1 Å². The van der Waals surface area contributed by atoms with E-state index >= 15 is 0 Å². The maximum absolute atomic E-state index is 11.3. The van der Waals surface area contributed by atoms with Crippen LogP contribution in [0.1, 0.15) is 31.5 Å². The van der Waals surface area contributed by atoms with Crippen LogP contribution in [0.3, 0.4) is 0 Å². The van der Waals surface area contributed by atoms with Gasteiger partial charge in [-0.1, -0.05) is 12.1 Å². The molecule has 1 heterocycles. The maximum Gasteiger partial charge on any atom is 0.234 e. The van der Waals surface area contributed by atoms with Crippen molar-refractivity contribution in [2.75, 3.05) is 6.26 Å². The molecule has 0 unspecified atom stereocenters. The van der Waals surface area contributed by atoms with Crippen molar-refractivity contribution in [1.29, 1.82) is 0 Å². The van der Waals surface area contributed by atoms with Crippen LogP contribution in [0.4, 0.5) is 0 Å². The highest BCUT2D eigenvalue weighted by Gasteiger charge is 2.14. The van der Waals surface area contributed by atoms with E-state index in [1.54, 1.807) is 0 Å². The van der Waals surface area contributed by atoms with Crippen molar-refractivity contribution in [2.45, 2.75) is 31.9 Å². The highest BCUT2D eigenvalue weighted by atomic mass is 32.2. The molecule has 0 saturated heterocycles. The molecule has 0 aliphatic rings. The number of carbonyl (C=O) groups excluding carboxylic acids is 1. The highest BCUT2D eigenvalue weighted by Crippen LogP contribution is 2.04. The Bertz CT molecular complexity index is 464. The Morgan fingerprint density at radius 3 is 2.69 bits per heavy atom. The van der Waals surface area contributed by atoms with Crippen LogP contribution in [0.2, 0.25) is 0 Å². The van der Waals surface area contributed by atoms with E-state index < -0.39 is 9.84 Å². The standard InChI is InChI=1S/C9H14N2O4S/c1-3-4-7(12)5-9-10-8(11-15-9)6-16(2,13)14/h3-6H2,1-2H3. The first kappa shape index (κ1) is 12.8. The Morgan fingerprint density at radius 2 is 2.12 bits per heavy atom. The van der Waals surface area contributed by atoms with E-state index in [4.69, 9.17) is 4.52 Å². The molecule has 0 saturated carbocycles. The number of aromatic nitrogens is 2. The van der Waals surface area contributed by atoms with Gasteiger partial charge < -0.3 is 4.52 Å². The van der Waals surface area contributed by atoms with Crippen molar-refractivity contribution in [2.24, 2.45) is 0 Å². The van der Waals surface area contributed by atoms with Crippen LogP contribution >= 0.6 is 0 Å². The molecule has 0 amide bonds. The number of ketones is 1. The molecule has 0 N–H and O–H groups in total. The molecule has 1 aromatic rings. The second kappa shape index (κ2) is 5.20. The van der Waals surface area contributed by atoms with E-state index in [1.165, 1.54) is 0 Å². The monoisotopic (exact) mass is 246 g/mol. The van der Waals surface area contributed by atoms with Crippen LogP contribution in [-0.4, -0.2) is 30.6 Å². The molecule has 0 spiro atoms. The third-order valence-electron chi connectivity index (χ3n) is 1.78. The summed E-state index contributed by atoms with van der Waals surface area (Å²) in [5.41, 5.74) is 0. The Kier molecular flexibility index (Phi) is 4.17. The van der Waals surface area contributed by atoms with E-state index in [-0.39, 0.29) is 29.7 Å². The van der Waals surface area contributed by atoms with Crippen molar-refractivity contribution < 1.29 is 17.7 Å². The Hall–Kier alpha value is -1.24. The summed E-state index contributed by atoms with van der Waals surface area (Å²) in [5, 5.41) is 3.50. The van der Waals surface area contributed by atoms with Gasteiger partial charge in [0.05, 0.1) is 6.42 Å². The second-order valence-corrected chi connectivity index (χ2v) is 5.78. The molecule has 1 rings (SSSR count). The lowest BCUT2D eigenvalue weighted by molar-refractivity contribution is -0.118. The molecule has 7 heteroatoms. The summed E-state index contributed by atoms with van der Waals surface area (Å²) in [6.07, 6.45) is 2.39. The highest BCUT2D eigenvalue weighted by molar-refractivity contribution is 7.89. The smallest absolute Gasteiger partial charge is 0.234 e. The molecular weight excluding hydrogens is 232 g/mol. The zero-order valence-corrected chi connectivity index (χ0v) is 10.1. The molecule has 0 fully saturated rings. The van der Waals surface area contributed by atoms with E-state index in [9.17, 15) is 13.2 Å². The number of nitrogens with zero attached hydrogens (tertiary/aromatic N) is 2. The summed E-state index contributed by atoms with van der Waals surface area (Å²) in [7, 11) is -3.17. The number of Topliss-reactive ketones (excluding diaryl/α,β-unsaturated/α-hetero) is 1. The molecule has 0 aliphatic heterocycles. The van der Waals surface area contributed by atoms with Gasteiger partial charge in [0, 0.05) is 12.7 Å². The predicted octanol–water partition coefficient (Wildman–Crippen LogP) is 0.526. The molecule has 6 nitrogen and oxygen atoms in total. The van der Waals surface area contributed by atoms with Crippen molar-refractivity contribution in [1.82, 2.24) is 10.1 Å². The molecule has 0 aromatic carbocycles. The van der Waals surface area contributed by atoms with Gasteiger partial charge >= 0.3 is 0 Å². The second-order valence-electron chi connectivity index (χ2n) is 3.64. The van der Waals surface area contributed by atoms with Gasteiger partial charge in [-0.3, -0.25) is 4.79 Å². The van der Waals surface area contributed by atoms with Gasteiger partial charge in [-0.2, -0.15) is 4.98 Å². The average Bonchev–Trinajstić information content (AvgIpc) is 2.49. The third-order valence-corrected chi connectivity index (χ3v) is 2.56. The normalized spacial score (nSPS) is 11.6. The zero-order chi connectivity index (χ0) is 12.2. The van der Waals surface area contributed by atoms with Crippen LogP contribution in [-0.2, 0) is 26.8 Å². The predicted molar refractivity (Wildman–Crippen MR) is 56.5 cm³/mol. The lowest BCUT2D eigenvalue weighted by Gasteiger charge is -1.92. The van der Waals surface area contributed by atoms with Crippen LogP contribution in [0.25, 0.3) is 0 Å². The molecule has 90 valence electrons. The fourth-order valence-corrected chi connectivity index (χ4v) is 1.78. The summed E-state index contributed by atoms with van der Waals surface area (Å²) >= 11 is 0. The third kappa shape index (κ3) is 4.52. The van der Waals surface area contributed by atoms with Crippen LogP contribution in [0.5, 0.6) is 0 Å². The van der Waals surface area contributed by atoms with E-state index in [0.717, 1.165) is 12.7 Å². The summed E-state index contributed by atoms with van der Waals surface area (Å²) in [6, 6.07) is 0. The van der Waals surface area contributed by atoms with Crippen molar-refractivity contribution in [3.8, 4) is 0 Å². The van der Waals surface area contributed by atoms with E-state index in [1.807, 2.05) is 6.92 Å². The minimum absolute atomic E-state index is 0.0112. The molecule has 1 aromatic heterocycles. The van der Waals surface area contributed by atoms with Gasteiger partial charge in [0.2, 0.25) is 5.89 Å². The molecule has 16 heavy (non-hydrogen) atoms. The first-order valence-electron chi connectivity index (χ1n) is 4.91. The summed E-state index contributed by atoms with van der Waals surface area (Å²) in [6.45, 7) is 1.90. The topological polar surface area (TPSA) is 90.1 Å². The van der Waals surface area contributed by atoms with Crippen molar-refractivity contribution in [3.05, 3.63) is 11.7 Å². The van der Waals surface area contributed by atoms with Crippen LogP contribution < -0.4 is 0 Å². The summed E-state index contributed by atoms with van der Waals surface area (Å²) in [5.74, 6) is 0.0225. The number of rotatable bonds is 6. The SMILES string of the molecule is CCCC(=O)Cc1nc(CS(C)(=O)=O)no1. The Labute approximate surface area is 94.0 Å². The summed E-state index contributed by atoms with van der Waals surface area (Å²) < 4.78 is 26.7.